The third-order valence-electron chi connectivity index (χ3n) is 5.26. The molecule has 2 atom stereocenters. The van der Waals surface area contributed by atoms with E-state index in [9.17, 15) is 18.3 Å². The maximum absolute atomic E-state index is 13.3. The fourth-order valence-electron chi connectivity index (χ4n) is 3.36. The van der Waals surface area contributed by atoms with E-state index in [0.29, 0.717) is 16.3 Å². The average molecular weight is 463 g/mol. The van der Waals surface area contributed by atoms with E-state index in [2.05, 4.69) is 4.98 Å². The van der Waals surface area contributed by atoms with Gasteiger partial charge in [-0.25, -0.2) is 0 Å². The Bertz CT molecular complexity index is 1250. The third-order valence-corrected chi connectivity index (χ3v) is 6.87. The lowest BCUT2D eigenvalue weighted by molar-refractivity contribution is -0.258. The van der Waals surface area contributed by atoms with Gasteiger partial charge in [0.2, 0.25) is 0 Å². The monoisotopic (exact) mass is 462 g/mol. The van der Waals surface area contributed by atoms with Crippen LogP contribution in [0.3, 0.4) is 0 Å². The third kappa shape index (κ3) is 3.94. The average Bonchev–Trinajstić information content (AvgIpc) is 3.17. The number of hydrogen-bond acceptors (Lipinski definition) is 4. The van der Waals surface area contributed by atoms with Gasteiger partial charge in [0.15, 0.2) is 5.60 Å². The lowest BCUT2D eigenvalue weighted by atomic mass is 9.94. The van der Waals surface area contributed by atoms with Gasteiger partial charge in [-0.3, -0.25) is 4.98 Å². The number of aliphatic hydroxyl groups is 1. The molecule has 2 aromatic carbocycles. The van der Waals surface area contributed by atoms with E-state index in [1.165, 1.54) is 29.7 Å². The van der Waals surface area contributed by atoms with Crippen molar-refractivity contribution in [3.05, 3.63) is 87.9 Å². The molecule has 2 aromatic heterocycles. The molecule has 4 rings (SSSR count). The molecule has 0 spiro atoms. The molecule has 0 aliphatic heterocycles. The number of nitrogens with two attached hydrogens (primary N) is 1. The molecule has 31 heavy (non-hydrogen) atoms. The molecule has 2 heterocycles. The number of hydrogen-bond donors (Lipinski definition) is 2. The number of thiophene rings is 1. The van der Waals surface area contributed by atoms with Crippen molar-refractivity contribution in [1.29, 1.82) is 0 Å². The topological polar surface area (TPSA) is 59.1 Å². The summed E-state index contributed by atoms with van der Waals surface area (Å²) in [5.41, 5.74) is 5.00. The molecular weight excluding hydrogens is 445 g/mol. The molecule has 3 N–H and O–H groups in total. The number of fused-ring (bicyclic) bond motifs is 1. The van der Waals surface area contributed by atoms with Crippen molar-refractivity contribution in [2.45, 2.75) is 24.7 Å². The first kappa shape index (κ1) is 21.8. The van der Waals surface area contributed by atoms with Crippen LogP contribution in [0.4, 0.5) is 13.2 Å². The van der Waals surface area contributed by atoms with Crippen molar-refractivity contribution in [2.24, 2.45) is 5.73 Å². The van der Waals surface area contributed by atoms with E-state index in [-0.39, 0.29) is 5.56 Å². The van der Waals surface area contributed by atoms with Crippen LogP contribution in [0.25, 0.3) is 21.3 Å². The molecule has 0 fully saturated rings. The fourth-order valence-corrected chi connectivity index (χ4v) is 4.82. The number of nitrogens with zero attached hydrogens (tertiary/aromatic N) is 1. The van der Waals surface area contributed by atoms with Crippen LogP contribution in [-0.2, 0) is 5.60 Å². The smallest absolute Gasteiger partial charge is 0.376 e. The Morgan fingerprint density at radius 2 is 1.81 bits per heavy atom. The van der Waals surface area contributed by atoms with Crippen molar-refractivity contribution < 1.29 is 18.3 Å². The van der Waals surface area contributed by atoms with Crippen LogP contribution in [0.2, 0.25) is 5.02 Å². The summed E-state index contributed by atoms with van der Waals surface area (Å²) in [6, 6.07) is 16.8. The van der Waals surface area contributed by atoms with Gasteiger partial charge in [-0.05, 0) is 47.7 Å². The SMILES string of the molecule is CC(O)(c1ccnc(-c2cccc3cc(C(N)c4ccccc4Cl)sc23)c1)C(F)(F)F. The zero-order valence-corrected chi connectivity index (χ0v) is 17.9. The van der Waals surface area contributed by atoms with Crippen molar-refractivity contribution in [3.63, 3.8) is 0 Å². The van der Waals surface area contributed by atoms with Crippen LogP contribution in [0.5, 0.6) is 0 Å². The van der Waals surface area contributed by atoms with Gasteiger partial charge >= 0.3 is 6.18 Å². The second-order valence-corrected chi connectivity index (χ2v) is 8.86. The number of aromatic nitrogens is 1. The minimum absolute atomic E-state index is 0.272. The van der Waals surface area contributed by atoms with E-state index in [1.807, 2.05) is 36.4 Å². The maximum atomic E-state index is 13.3. The Hall–Kier alpha value is -2.45. The Kier molecular flexibility index (Phi) is 5.55. The van der Waals surface area contributed by atoms with Crippen LogP contribution in [-0.4, -0.2) is 16.3 Å². The van der Waals surface area contributed by atoms with Gasteiger partial charge in [-0.2, -0.15) is 13.2 Å². The van der Waals surface area contributed by atoms with Crippen molar-refractivity contribution in [3.8, 4) is 11.3 Å². The van der Waals surface area contributed by atoms with E-state index in [0.717, 1.165) is 27.5 Å². The van der Waals surface area contributed by atoms with Crippen LogP contribution in [0.1, 0.15) is 29.0 Å². The minimum Gasteiger partial charge on any atom is -0.376 e. The number of benzene rings is 2. The standard InChI is InChI=1S/C23H18ClF3N2OS/c1-22(30,23(25,26)27)14-9-10-29-18(12-14)16-7-4-5-13-11-19(31-21(13)16)20(28)15-6-2-3-8-17(15)24/h2-12,20,30H,28H2,1H3. The lowest BCUT2D eigenvalue weighted by Gasteiger charge is -2.26. The molecule has 4 aromatic rings. The molecule has 8 heteroatoms. The van der Waals surface area contributed by atoms with Gasteiger partial charge in [0.25, 0.3) is 0 Å². The summed E-state index contributed by atoms with van der Waals surface area (Å²) in [7, 11) is 0. The van der Waals surface area contributed by atoms with Gasteiger partial charge < -0.3 is 10.8 Å². The normalized spacial score (nSPS) is 15.1. The summed E-state index contributed by atoms with van der Waals surface area (Å²) in [5.74, 6) is 0. The number of alkyl halides is 3. The minimum atomic E-state index is -4.81. The van der Waals surface area contributed by atoms with Gasteiger partial charge in [0, 0.05) is 26.4 Å². The van der Waals surface area contributed by atoms with Crippen molar-refractivity contribution >= 4 is 33.0 Å². The second kappa shape index (κ2) is 7.91. The highest BCUT2D eigenvalue weighted by Gasteiger charge is 2.51. The van der Waals surface area contributed by atoms with E-state index >= 15 is 0 Å². The predicted octanol–water partition coefficient (Wildman–Crippen LogP) is 6.43. The summed E-state index contributed by atoms with van der Waals surface area (Å²) in [4.78, 5) is 5.13. The first-order valence-corrected chi connectivity index (χ1v) is 10.6. The number of pyridine rings is 1. The largest absolute Gasteiger partial charge is 0.421 e. The van der Waals surface area contributed by atoms with E-state index in [4.69, 9.17) is 17.3 Å². The second-order valence-electron chi connectivity index (χ2n) is 7.37. The first-order valence-electron chi connectivity index (χ1n) is 9.38. The molecule has 0 aliphatic rings. The molecule has 0 amide bonds. The summed E-state index contributed by atoms with van der Waals surface area (Å²) in [6.07, 6.45) is -3.54. The summed E-state index contributed by atoms with van der Waals surface area (Å²) in [5, 5.41) is 11.5. The maximum Gasteiger partial charge on any atom is 0.421 e. The van der Waals surface area contributed by atoms with E-state index in [1.54, 1.807) is 12.1 Å². The summed E-state index contributed by atoms with van der Waals surface area (Å²) < 4.78 is 40.7. The van der Waals surface area contributed by atoms with Gasteiger partial charge in [-0.15, -0.1) is 11.3 Å². The lowest BCUT2D eigenvalue weighted by Crippen LogP contribution is -2.39. The molecule has 0 aliphatic carbocycles. The van der Waals surface area contributed by atoms with Crippen LogP contribution >= 0.6 is 22.9 Å². The van der Waals surface area contributed by atoms with E-state index < -0.39 is 17.8 Å². The first-order chi connectivity index (χ1) is 14.6. The summed E-state index contributed by atoms with van der Waals surface area (Å²) in [6.45, 7) is 0.735. The molecule has 0 saturated heterocycles. The van der Waals surface area contributed by atoms with Gasteiger partial charge in [0.1, 0.15) is 0 Å². The Morgan fingerprint density at radius 3 is 2.52 bits per heavy atom. The molecule has 3 nitrogen and oxygen atoms in total. The molecule has 0 bridgehead atoms. The quantitative estimate of drug-likeness (QED) is 0.367. The Balaban J connectivity index is 1.80. The highest BCUT2D eigenvalue weighted by Crippen LogP contribution is 2.41. The van der Waals surface area contributed by atoms with Crippen molar-refractivity contribution in [2.75, 3.05) is 0 Å². The predicted molar refractivity (Wildman–Crippen MR) is 118 cm³/mol. The highest BCUT2D eigenvalue weighted by atomic mass is 35.5. The molecule has 160 valence electrons. The van der Waals surface area contributed by atoms with Crippen LogP contribution in [0, 0.1) is 0 Å². The molecule has 0 saturated carbocycles. The Morgan fingerprint density at radius 1 is 1.06 bits per heavy atom. The number of halogens is 4. The van der Waals surface area contributed by atoms with Gasteiger partial charge in [-0.1, -0.05) is 48.0 Å². The fraction of sp³-hybridized carbons (Fsp3) is 0.174. The van der Waals surface area contributed by atoms with Gasteiger partial charge in [0.05, 0.1) is 11.7 Å². The number of rotatable bonds is 4. The molecular formula is C23H18ClF3N2OS. The van der Waals surface area contributed by atoms with Crippen molar-refractivity contribution in [1.82, 2.24) is 4.98 Å². The highest BCUT2D eigenvalue weighted by molar-refractivity contribution is 7.19. The van der Waals surface area contributed by atoms with Crippen LogP contribution < -0.4 is 5.73 Å². The zero-order valence-electron chi connectivity index (χ0n) is 16.3. The summed E-state index contributed by atoms with van der Waals surface area (Å²) >= 11 is 7.73. The Labute approximate surface area is 185 Å². The van der Waals surface area contributed by atoms with Crippen LogP contribution in [0.15, 0.2) is 66.9 Å². The molecule has 2 unspecified atom stereocenters. The molecule has 0 radical (unpaired) electrons. The zero-order chi connectivity index (χ0) is 22.4.